The monoisotopic (exact) mass is 200 g/mol. The molecule has 1 amide bonds. The highest BCUT2D eigenvalue weighted by Gasteiger charge is 2.35. The van der Waals surface area contributed by atoms with Gasteiger partial charge in [0.05, 0.1) is 5.60 Å². The maximum Gasteiger partial charge on any atom is 0.236 e. The molecule has 1 aliphatic rings. The molecular weight excluding hydrogens is 180 g/mol. The maximum atomic E-state index is 11.3. The first kappa shape index (κ1) is 11.5. The lowest BCUT2D eigenvalue weighted by atomic mass is 9.77. The fourth-order valence-electron chi connectivity index (χ4n) is 2.23. The second-order valence-electron chi connectivity index (χ2n) is 4.02. The molecule has 0 atom stereocenters. The Bertz CT molecular complexity index is 192. The van der Waals surface area contributed by atoms with Gasteiger partial charge in [-0.15, -0.1) is 0 Å². The number of carbonyl (C=O) groups excluding carboxylic acids is 1. The summed E-state index contributed by atoms with van der Waals surface area (Å²) < 4.78 is 5.53. The van der Waals surface area contributed by atoms with Crippen LogP contribution < -0.4 is 11.3 Å². The van der Waals surface area contributed by atoms with E-state index in [-0.39, 0.29) is 17.4 Å². The van der Waals surface area contributed by atoms with Crippen LogP contribution in [0, 0.1) is 5.92 Å². The van der Waals surface area contributed by atoms with Gasteiger partial charge in [-0.1, -0.05) is 6.92 Å². The van der Waals surface area contributed by atoms with Gasteiger partial charge in [0.25, 0.3) is 0 Å². The molecule has 0 heterocycles. The van der Waals surface area contributed by atoms with E-state index in [1.54, 1.807) is 7.11 Å². The van der Waals surface area contributed by atoms with Gasteiger partial charge in [-0.05, 0) is 32.1 Å². The quantitative estimate of drug-likeness (QED) is 0.405. The molecule has 0 aliphatic heterocycles. The van der Waals surface area contributed by atoms with Gasteiger partial charge < -0.3 is 4.74 Å². The van der Waals surface area contributed by atoms with Gasteiger partial charge >= 0.3 is 0 Å². The molecule has 0 bridgehead atoms. The maximum absolute atomic E-state index is 11.3. The zero-order valence-corrected chi connectivity index (χ0v) is 9.01. The SMILES string of the molecule is CCC1(OC)CCC(C(=O)NN)CC1. The predicted octanol–water partition coefficient (Wildman–Crippen LogP) is 0.962. The fourth-order valence-corrected chi connectivity index (χ4v) is 2.23. The molecule has 3 N–H and O–H groups in total. The molecular formula is C10H20N2O2. The van der Waals surface area contributed by atoms with Crippen molar-refractivity contribution in [1.82, 2.24) is 5.43 Å². The zero-order chi connectivity index (χ0) is 10.6. The third-order valence-electron chi connectivity index (χ3n) is 3.49. The second kappa shape index (κ2) is 4.75. The minimum Gasteiger partial charge on any atom is -0.378 e. The van der Waals surface area contributed by atoms with Crippen molar-refractivity contribution in [2.45, 2.75) is 44.6 Å². The number of methoxy groups -OCH3 is 1. The van der Waals surface area contributed by atoms with Gasteiger partial charge in [-0.25, -0.2) is 5.84 Å². The van der Waals surface area contributed by atoms with E-state index in [4.69, 9.17) is 10.6 Å². The molecule has 1 aliphatic carbocycles. The van der Waals surface area contributed by atoms with Crippen LogP contribution in [-0.4, -0.2) is 18.6 Å². The molecule has 0 saturated heterocycles. The lowest BCUT2D eigenvalue weighted by molar-refractivity contribution is -0.129. The molecule has 82 valence electrons. The number of ether oxygens (including phenoxy) is 1. The van der Waals surface area contributed by atoms with Crippen LogP contribution in [0.4, 0.5) is 0 Å². The van der Waals surface area contributed by atoms with Crippen molar-refractivity contribution < 1.29 is 9.53 Å². The number of hydrazine groups is 1. The second-order valence-corrected chi connectivity index (χ2v) is 4.02. The van der Waals surface area contributed by atoms with E-state index in [0.717, 1.165) is 32.1 Å². The van der Waals surface area contributed by atoms with E-state index in [9.17, 15) is 4.79 Å². The summed E-state index contributed by atoms with van der Waals surface area (Å²) in [6, 6.07) is 0. The summed E-state index contributed by atoms with van der Waals surface area (Å²) in [5.74, 6) is 5.15. The Morgan fingerprint density at radius 2 is 2.14 bits per heavy atom. The van der Waals surface area contributed by atoms with Gasteiger partial charge in [0, 0.05) is 13.0 Å². The largest absolute Gasteiger partial charge is 0.378 e. The minimum atomic E-state index is -0.0363. The fraction of sp³-hybridized carbons (Fsp3) is 0.900. The van der Waals surface area contributed by atoms with Crippen LogP contribution in [-0.2, 0) is 9.53 Å². The highest BCUT2D eigenvalue weighted by Crippen LogP contribution is 2.36. The number of hydrogen-bond acceptors (Lipinski definition) is 3. The van der Waals surface area contributed by atoms with Gasteiger partial charge in [0.15, 0.2) is 0 Å². The molecule has 0 aromatic heterocycles. The summed E-state index contributed by atoms with van der Waals surface area (Å²) in [4.78, 5) is 11.3. The summed E-state index contributed by atoms with van der Waals surface area (Å²) in [6.07, 6.45) is 4.69. The van der Waals surface area contributed by atoms with Crippen LogP contribution >= 0.6 is 0 Å². The number of nitrogens with one attached hydrogen (secondary N) is 1. The highest BCUT2D eigenvalue weighted by atomic mass is 16.5. The summed E-state index contributed by atoms with van der Waals surface area (Å²) in [5.41, 5.74) is 2.22. The summed E-state index contributed by atoms with van der Waals surface area (Å²) in [6.45, 7) is 2.13. The summed E-state index contributed by atoms with van der Waals surface area (Å²) in [5, 5.41) is 0. The number of rotatable bonds is 3. The normalized spacial score (nSPS) is 32.6. The molecule has 1 saturated carbocycles. The average Bonchev–Trinajstić information content (AvgIpc) is 2.28. The standard InChI is InChI=1S/C10H20N2O2/c1-3-10(14-2)6-4-8(5-7-10)9(13)12-11/h8H,3-7,11H2,1-2H3,(H,12,13). The zero-order valence-electron chi connectivity index (χ0n) is 9.01. The highest BCUT2D eigenvalue weighted by molar-refractivity contribution is 5.78. The lowest BCUT2D eigenvalue weighted by Gasteiger charge is -2.37. The van der Waals surface area contributed by atoms with E-state index in [1.807, 2.05) is 0 Å². The van der Waals surface area contributed by atoms with Crippen LogP contribution in [0.25, 0.3) is 0 Å². The molecule has 0 aromatic carbocycles. The van der Waals surface area contributed by atoms with Crippen molar-refractivity contribution in [3.8, 4) is 0 Å². The van der Waals surface area contributed by atoms with Crippen molar-refractivity contribution in [2.24, 2.45) is 11.8 Å². The van der Waals surface area contributed by atoms with Gasteiger partial charge in [0.1, 0.15) is 0 Å². The first-order valence-electron chi connectivity index (χ1n) is 5.23. The number of hydrogen-bond donors (Lipinski definition) is 2. The first-order valence-corrected chi connectivity index (χ1v) is 5.23. The Hall–Kier alpha value is -0.610. The third kappa shape index (κ3) is 2.25. The molecule has 1 fully saturated rings. The van der Waals surface area contributed by atoms with Gasteiger partial charge in [0.2, 0.25) is 5.91 Å². The van der Waals surface area contributed by atoms with Crippen LogP contribution in [0.2, 0.25) is 0 Å². The molecule has 14 heavy (non-hydrogen) atoms. The molecule has 0 aromatic rings. The summed E-state index contributed by atoms with van der Waals surface area (Å²) >= 11 is 0. The van der Waals surface area contributed by atoms with Crippen LogP contribution in [0.1, 0.15) is 39.0 Å². The number of carbonyl (C=O) groups is 1. The number of nitrogens with two attached hydrogens (primary N) is 1. The summed E-state index contributed by atoms with van der Waals surface area (Å²) in [7, 11) is 1.76. The molecule has 0 radical (unpaired) electrons. The molecule has 4 nitrogen and oxygen atoms in total. The number of amides is 1. The van der Waals surface area contributed by atoms with Crippen LogP contribution in [0.3, 0.4) is 0 Å². The van der Waals surface area contributed by atoms with Gasteiger partial charge in [-0.3, -0.25) is 10.2 Å². The molecule has 4 heteroatoms. The van der Waals surface area contributed by atoms with E-state index < -0.39 is 0 Å². The Balaban J connectivity index is 2.48. The lowest BCUT2D eigenvalue weighted by Crippen LogP contribution is -2.42. The van der Waals surface area contributed by atoms with E-state index in [1.165, 1.54) is 0 Å². The van der Waals surface area contributed by atoms with E-state index >= 15 is 0 Å². The third-order valence-corrected chi connectivity index (χ3v) is 3.49. The minimum absolute atomic E-state index is 0.00534. The molecule has 0 spiro atoms. The van der Waals surface area contributed by atoms with E-state index in [0.29, 0.717) is 0 Å². The average molecular weight is 200 g/mol. The first-order chi connectivity index (χ1) is 6.67. The Morgan fingerprint density at radius 1 is 1.57 bits per heavy atom. The van der Waals surface area contributed by atoms with Gasteiger partial charge in [-0.2, -0.15) is 0 Å². The smallest absolute Gasteiger partial charge is 0.236 e. The van der Waals surface area contributed by atoms with Crippen LogP contribution in [0.15, 0.2) is 0 Å². The topological polar surface area (TPSA) is 64.3 Å². The predicted molar refractivity (Wildman–Crippen MR) is 54.3 cm³/mol. The molecule has 0 unspecified atom stereocenters. The van der Waals surface area contributed by atoms with Crippen molar-refractivity contribution in [3.63, 3.8) is 0 Å². The Labute approximate surface area is 85.2 Å². The van der Waals surface area contributed by atoms with Crippen molar-refractivity contribution in [3.05, 3.63) is 0 Å². The van der Waals surface area contributed by atoms with Crippen molar-refractivity contribution in [1.29, 1.82) is 0 Å². The molecule has 1 rings (SSSR count). The van der Waals surface area contributed by atoms with Crippen molar-refractivity contribution >= 4 is 5.91 Å². The van der Waals surface area contributed by atoms with Crippen molar-refractivity contribution in [2.75, 3.05) is 7.11 Å². The van der Waals surface area contributed by atoms with Crippen LogP contribution in [0.5, 0.6) is 0 Å². The van der Waals surface area contributed by atoms with E-state index in [2.05, 4.69) is 12.3 Å². The Morgan fingerprint density at radius 3 is 2.50 bits per heavy atom. The Kier molecular flexibility index (Phi) is 3.89.